The molecular formula is C30H32Cl2FN3O4S. The molecule has 3 aromatic rings. The molecular weight excluding hydrogens is 588 g/mol. The van der Waals surface area contributed by atoms with Crippen molar-refractivity contribution in [2.24, 2.45) is 0 Å². The van der Waals surface area contributed by atoms with E-state index in [2.05, 4.69) is 5.32 Å². The van der Waals surface area contributed by atoms with E-state index in [1.165, 1.54) is 29.2 Å². The fraction of sp³-hybridized carbons (Fsp3) is 0.333. The first-order valence-corrected chi connectivity index (χ1v) is 15.6. The van der Waals surface area contributed by atoms with Crippen LogP contribution in [0.25, 0.3) is 0 Å². The summed E-state index contributed by atoms with van der Waals surface area (Å²) in [7, 11) is -4.23. The second-order valence-electron chi connectivity index (χ2n) is 10.1. The highest BCUT2D eigenvalue weighted by molar-refractivity contribution is 7.92. The number of carbonyl (C=O) groups is 2. The van der Waals surface area contributed by atoms with Crippen molar-refractivity contribution in [2.75, 3.05) is 10.8 Å². The fourth-order valence-electron chi connectivity index (χ4n) is 4.84. The molecule has 7 nitrogen and oxygen atoms in total. The standard InChI is InChI=1S/C30H32Cl2FN3O4S/c1-21(30(38)34-24-8-4-2-5-9-24)35(19-22-12-17-27(31)28(32)18-22)29(37)20-36(25-15-13-23(33)14-16-25)41(39,40)26-10-6-3-7-11-26/h3,6-7,10-18,21,24H,2,4-5,8-9,19-20H2,1H3,(H,34,38)/t21-/m1/s1. The van der Waals surface area contributed by atoms with Crippen molar-refractivity contribution in [2.45, 2.75) is 62.6 Å². The number of nitrogens with zero attached hydrogens (tertiary/aromatic N) is 2. The molecule has 41 heavy (non-hydrogen) atoms. The Balaban J connectivity index is 1.67. The average molecular weight is 621 g/mol. The molecule has 0 bridgehead atoms. The van der Waals surface area contributed by atoms with Crippen molar-refractivity contribution >= 4 is 50.7 Å². The average Bonchev–Trinajstić information content (AvgIpc) is 2.97. The molecule has 0 aliphatic heterocycles. The molecule has 0 unspecified atom stereocenters. The maximum Gasteiger partial charge on any atom is 0.264 e. The summed E-state index contributed by atoms with van der Waals surface area (Å²) in [6, 6.07) is 16.5. The van der Waals surface area contributed by atoms with Gasteiger partial charge in [-0.05, 0) is 73.9 Å². The Labute approximate surface area is 250 Å². The van der Waals surface area contributed by atoms with Gasteiger partial charge in [0.2, 0.25) is 11.8 Å². The topological polar surface area (TPSA) is 86.8 Å². The lowest BCUT2D eigenvalue weighted by Gasteiger charge is -2.33. The summed E-state index contributed by atoms with van der Waals surface area (Å²) < 4.78 is 42.1. The number of halogens is 3. The molecule has 0 heterocycles. The number of hydrogen-bond donors (Lipinski definition) is 1. The summed E-state index contributed by atoms with van der Waals surface area (Å²) in [5.74, 6) is -1.50. The SMILES string of the molecule is C[C@H](C(=O)NC1CCCCC1)N(Cc1ccc(Cl)c(Cl)c1)C(=O)CN(c1ccc(F)cc1)S(=O)(=O)c1ccccc1. The van der Waals surface area contributed by atoms with E-state index in [0.29, 0.717) is 10.6 Å². The van der Waals surface area contributed by atoms with Gasteiger partial charge in [-0.2, -0.15) is 0 Å². The van der Waals surface area contributed by atoms with Crippen molar-refractivity contribution in [3.8, 4) is 0 Å². The number of rotatable bonds is 10. The van der Waals surface area contributed by atoms with Gasteiger partial charge in [0.05, 0.1) is 20.6 Å². The predicted octanol–water partition coefficient (Wildman–Crippen LogP) is 6.19. The Hall–Kier alpha value is -3.14. The second-order valence-corrected chi connectivity index (χ2v) is 12.8. The van der Waals surface area contributed by atoms with E-state index in [4.69, 9.17) is 23.2 Å². The van der Waals surface area contributed by atoms with Crippen LogP contribution >= 0.6 is 23.2 Å². The molecule has 218 valence electrons. The lowest BCUT2D eigenvalue weighted by atomic mass is 9.95. The molecule has 1 N–H and O–H groups in total. The van der Waals surface area contributed by atoms with Crippen molar-refractivity contribution in [1.29, 1.82) is 0 Å². The Morgan fingerprint density at radius 3 is 2.24 bits per heavy atom. The molecule has 4 rings (SSSR count). The third-order valence-corrected chi connectivity index (χ3v) is 9.71. The molecule has 0 saturated heterocycles. The molecule has 2 amide bonds. The minimum atomic E-state index is -4.23. The summed E-state index contributed by atoms with van der Waals surface area (Å²) >= 11 is 12.3. The van der Waals surface area contributed by atoms with Gasteiger partial charge in [-0.25, -0.2) is 12.8 Å². The van der Waals surface area contributed by atoms with E-state index in [1.54, 1.807) is 43.3 Å². The van der Waals surface area contributed by atoms with Gasteiger partial charge in [0, 0.05) is 12.6 Å². The lowest BCUT2D eigenvalue weighted by molar-refractivity contribution is -0.139. The highest BCUT2D eigenvalue weighted by Crippen LogP contribution is 2.27. The van der Waals surface area contributed by atoms with Gasteiger partial charge in [-0.1, -0.05) is 66.7 Å². The van der Waals surface area contributed by atoms with Crippen molar-refractivity contribution < 1.29 is 22.4 Å². The number of carbonyl (C=O) groups excluding carboxylic acids is 2. The summed E-state index contributed by atoms with van der Waals surface area (Å²) in [5.41, 5.74) is 0.724. The number of nitrogens with one attached hydrogen (secondary N) is 1. The van der Waals surface area contributed by atoms with Crippen molar-refractivity contribution in [3.63, 3.8) is 0 Å². The highest BCUT2D eigenvalue weighted by Gasteiger charge is 2.33. The van der Waals surface area contributed by atoms with Crippen LogP contribution in [0.5, 0.6) is 0 Å². The zero-order chi connectivity index (χ0) is 29.6. The first-order valence-electron chi connectivity index (χ1n) is 13.4. The lowest BCUT2D eigenvalue weighted by Crippen LogP contribution is -2.53. The minimum Gasteiger partial charge on any atom is -0.352 e. The van der Waals surface area contributed by atoms with Gasteiger partial charge in [0.25, 0.3) is 10.0 Å². The molecule has 11 heteroatoms. The largest absolute Gasteiger partial charge is 0.352 e. The zero-order valence-electron chi connectivity index (χ0n) is 22.6. The maximum absolute atomic E-state index is 14.0. The molecule has 1 aliphatic carbocycles. The molecule has 1 fully saturated rings. The van der Waals surface area contributed by atoms with Crippen LogP contribution in [0.15, 0.2) is 77.7 Å². The summed E-state index contributed by atoms with van der Waals surface area (Å²) in [6.07, 6.45) is 4.91. The highest BCUT2D eigenvalue weighted by atomic mass is 35.5. The third-order valence-electron chi connectivity index (χ3n) is 7.18. The van der Waals surface area contributed by atoms with E-state index in [9.17, 15) is 22.4 Å². The number of anilines is 1. The van der Waals surface area contributed by atoms with Crippen LogP contribution in [-0.2, 0) is 26.2 Å². The van der Waals surface area contributed by atoms with E-state index in [0.717, 1.165) is 48.5 Å². The summed E-state index contributed by atoms with van der Waals surface area (Å²) in [5, 5.41) is 3.68. The minimum absolute atomic E-state index is 0.0163. The number of hydrogen-bond acceptors (Lipinski definition) is 4. The summed E-state index contributed by atoms with van der Waals surface area (Å²) in [6.45, 7) is 0.977. The van der Waals surface area contributed by atoms with Gasteiger partial charge in [-0.15, -0.1) is 0 Å². The Morgan fingerprint density at radius 1 is 0.951 bits per heavy atom. The summed E-state index contributed by atoms with van der Waals surface area (Å²) in [4.78, 5) is 28.6. The van der Waals surface area contributed by atoms with Gasteiger partial charge >= 0.3 is 0 Å². The Kier molecular flexibility index (Phi) is 10.3. The fourth-order valence-corrected chi connectivity index (χ4v) is 6.60. The van der Waals surface area contributed by atoms with Crippen LogP contribution in [-0.4, -0.2) is 43.8 Å². The van der Waals surface area contributed by atoms with Crippen molar-refractivity contribution in [3.05, 3.63) is 94.2 Å². The van der Waals surface area contributed by atoms with Crippen molar-refractivity contribution in [1.82, 2.24) is 10.2 Å². The third kappa shape index (κ3) is 7.78. The van der Waals surface area contributed by atoms with Gasteiger partial charge < -0.3 is 10.2 Å². The van der Waals surface area contributed by atoms with Crippen LogP contribution in [0.1, 0.15) is 44.6 Å². The Bertz CT molecular complexity index is 1470. The first kappa shape index (κ1) is 30.8. The Morgan fingerprint density at radius 2 is 1.61 bits per heavy atom. The van der Waals surface area contributed by atoms with E-state index in [-0.39, 0.29) is 34.1 Å². The van der Waals surface area contributed by atoms with Crippen LogP contribution < -0.4 is 9.62 Å². The zero-order valence-corrected chi connectivity index (χ0v) is 24.9. The molecule has 0 spiro atoms. The monoisotopic (exact) mass is 619 g/mol. The maximum atomic E-state index is 14.0. The van der Waals surface area contributed by atoms with Gasteiger partial charge in [0.1, 0.15) is 18.4 Å². The molecule has 0 radical (unpaired) electrons. The number of amides is 2. The molecule has 1 atom stereocenters. The normalized spacial score (nSPS) is 14.7. The van der Waals surface area contributed by atoms with Crippen LogP contribution in [0, 0.1) is 5.82 Å². The molecule has 1 saturated carbocycles. The van der Waals surface area contributed by atoms with E-state index >= 15 is 0 Å². The van der Waals surface area contributed by atoms with Crippen LogP contribution in [0.2, 0.25) is 10.0 Å². The number of sulfonamides is 1. The van der Waals surface area contributed by atoms with Crippen LogP contribution in [0.3, 0.4) is 0 Å². The van der Waals surface area contributed by atoms with Crippen LogP contribution in [0.4, 0.5) is 10.1 Å². The second kappa shape index (κ2) is 13.7. The molecule has 0 aromatic heterocycles. The number of benzene rings is 3. The van der Waals surface area contributed by atoms with E-state index < -0.39 is 34.3 Å². The molecule has 3 aromatic carbocycles. The smallest absolute Gasteiger partial charge is 0.264 e. The quantitative estimate of drug-likeness (QED) is 0.293. The van der Waals surface area contributed by atoms with Gasteiger partial charge in [-0.3, -0.25) is 13.9 Å². The van der Waals surface area contributed by atoms with Gasteiger partial charge in [0.15, 0.2) is 0 Å². The van der Waals surface area contributed by atoms with E-state index in [1.807, 2.05) is 0 Å². The molecule has 1 aliphatic rings. The first-order chi connectivity index (χ1) is 19.6. The predicted molar refractivity (Wildman–Crippen MR) is 159 cm³/mol.